The summed E-state index contributed by atoms with van der Waals surface area (Å²) in [5.74, 6) is 0. The van der Waals surface area contributed by atoms with Crippen LogP contribution in [0, 0.1) is 6.92 Å². The highest BCUT2D eigenvalue weighted by molar-refractivity contribution is 6.31. The van der Waals surface area contributed by atoms with Crippen molar-refractivity contribution in [3.05, 3.63) is 73.4 Å². The normalized spacial score (nSPS) is 12.3. The summed E-state index contributed by atoms with van der Waals surface area (Å²) in [4.78, 5) is 29.8. The highest BCUT2D eigenvalue weighted by Gasteiger charge is 2.13. The van der Waals surface area contributed by atoms with E-state index in [2.05, 4.69) is 15.3 Å². The lowest BCUT2D eigenvalue weighted by Gasteiger charge is -2.15. The molecular formula is C17H16ClN3O2. The Kier molecular flexibility index (Phi) is 3.96. The van der Waals surface area contributed by atoms with Crippen LogP contribution in [0.5, 0.6) is 0 Å². The first-order valence-corrected chi connectivity index (χ1v) is 7.61. The molecule has 0 spiro atoms. The first-order valence-electron chi connectivity index (χ1n) is 7.23. The number of fused-ring (bicyclic) bond motifs is 1. The zero-order chi connectivity index (χ0) is 16.6. The van der Waals surface area contributed by atoms with Crippen LogP contribution >= 0.6 is 11.6 Å². The van der Waals surface area contributed by atoms with Crippen LogP contribution in [-0.2, 0) is 0 Å². The van der Waals surface area contributed by atoms with Gasteiger partial charge in [0.05, 0.1) is 6.04 Å². The van der Waals surface area contributed by atoms with Gasteiger partial charge in [0.2, 0.25) is 0 Å². The fourth-order valence-corrected chi connectivity index (χ4v) is 2.69. The van der Waals surface area contributed by atoms with E-state index in [1.54, 1.807) is 36.4 Å². The number of benzene rings is 1. The molecule has 3 rings (SSSR count). The van der Waals surface area contributed by atoms with Crippen molar-refractivity contribution in [3.63, 3.8) is 0 Å². The molecule has 1 atom stereocenters. The van der Waals surface area contributed by atoms with E-state index in [9.17, 15) is 9.59 Å². The number of H-pyrrole nitrogens is 2. The number of nitrogens with one attached hydrogen (secondary N) is 3. The molecule has 0 bridgehead atoms. The number of aryl methyl sites for hydroxylation is 1. The highest BCUT2D eigenvalue weighted by Crippen LogP contribution is 2.21. The molecule has 23 heavy (non-hydrogen) atoms. The lowest BCUT2D eigenvalue weighted by molar-refractivity contribution is 0.860. The summed E-state index contributed by atoms with van der Waals surface area (Å²) in [6.07, 6.45) is 0. The molecule has 0 aliphatic rings. The van der Waals surface area contributed by atoms with Crippen LogP contribution in [0.2, 0.25) is 5.02 Å². The minimum atomic E-state index is -0.328. The Bertz CT molecular complexity index is 991. The molecule has 0 aliphatic carbocycles. The molecular weight excluding hydrogens is 314 g/mol. The smallest absolute Gasteiger partial charge is 0.271 e. The van der Waals surface area contributed by atoms with Gasteiger partial charge in [-0.3, -0.25) is 9.59 Å². The Hall–Kier alpha value is -2.53. The highest BCUT2D eigenvalue weighted by atomic mass is 35.5. The molecule has 2 heterocycles. The maximum Gasteiger partial charge on any atom is 0.271 e. The Morgan fingerprint density at radius 1 is 1.04 bits per heavy atom. The molecule has 0 fully saturated rings. The third-order valence-corrected chi connectivity index (χ3v) is 3.96. The maximum absolute atomic E-state index is 12.3. The molecule has 118 valence electrons. The van der Waals surface area contributed by atoms with Gasteiger partial charge in [-0.1, -0.05) is 11.6 Å². The molecule has 3 N–H and O–H groups in total. The monoisotopic (exact) mass is 329 g/mol. The predicted octanol–water partition coefficient (Wildman–Crippen LogP) is 3.35. The van der Waals surface area contributed by atoms with Crippen LogP contribution in [0.3, 0.4) is 0 Å². The van der Waals surface area contributed by atoms with Gasteiger partial charge in [0.15, 0.2) is 0 Å². The van der Waals surface area contributed by atoms with Crippen molar-refractivity contribution in [1.82, 2.24) is 9.97 Å². The van der Waals surface area contributed by atoms with Gasteiger partial charge >= 0.3 is 0 Å². The van der Waals surface area contributed by atoms with Gasteiger partial charge in [-0.15, -0.1) is 0 Å². The van der Waals surface area contributed by atoms with Gasteiger partial charge in [-0.05, 0) is 50.2 Å². The zero-order valence-electron chi connectivity index (χ0n) is 12.7. The molecule has 5 nitrogen and oxygen atoms in total. The lowest BCUT2D eigenvalue weighted by atomic mass is 10.1. The standard InChI is InChI=1S/C17H16ClN3O2/c1-9-3-5-15(17(23)19-9)20-10(2)13-8-11-7-12(18)4-6-14(11)21-16(13)22/h3-8,10,20H,1-2H3,(H,19,23)(H,21,22)/t10-/m0/s1. The molecule has 6 heteroatoms. The molecule has 0 saturated carbocycles. The number of aromatic nitrogens is 2. The Morgan fingerprint density at radius 2 is 1.83 bits per heavy atom. The van der Waals surface area contributed by atoms with E-state index in [0.717, 1.165) is 16.6 Å². The summed E-state index contributed by atoms with van der Waals surface area (Å²) in [5.41, 5.74) is 2.07. The maximum atomic E-state index is 12.3. The number of pyridine rings is 2. The number of hydrogen-bond donors (Lipinski definition) is 3. The van der Waals surface area contributed by atoms with Crippen LogP contribution in [0.4, 0.5) is 5.69 Å². The van der Waals surface area contributed by atoms with E-state index in [4.69, 9.17) is 11.6 Å². The molecule has 3 aromatic rings. The van der Waals surface area contributed by atoms with Gasteiger partial charge in [0.25, 0.3) is 11.1 Å². The van der Waals surface area contributed by atoms with Crippen molar-refractivity contribution < 1.29 is 0 Å². The van der Waals surface area contributed by atoms with E-state index in [-0.39, 0.29) is 17.2 Å². The number of hydrogen-bond acceptors (Lipinski definition) is 3. The van der Waals surface area contributed by atoms with E-state index < -0.39 is 0 Å². The average Bonchev–Trinajstić information content (AvgIpc) is 2.49. The second kappa shape index (κ2) is 5.93. The van der Waals surface area contributed by atoms with Crippen LogP contribution in [0.1, 0.15) is 24.2 Å². The van der Waals surface area contributed by atoms with Crippen LogP contribution in [-0.4, -0.2) is 9.97 Å². The van der Waals surface area contributed by atoms with Crippen molar-refractivity contribution in [1.29, 1.82) is 0 Å². The first-order chi connectivity index (χ1) is 10.9. The molecule has 0 radical (unpaired) electrons. The summed E-state index contributed by atoms with van der Waals surface area (Å²) >= 11 is 6.00. The van der Waals surface area contributed by atoms with Crippen molar-refractivity contribution in [3.8, 4) is 0 Å². The summed E-state index contributed by atoms with van der Waals surface area (Å²) in [6.45, 7) is 3.65. The topological polar surface area (TPSA) is 77.8 Å². The Balaban J connectivity index is 2.00. The van der Waals surface area contributed by atoms with E-state index in [1.165, 1.54) is 0 Å². The third-order valence-electron chi connectivity index (χ3n) is 3.73. The number of anilines is 1. The SMILES string of the molecule is Cc1ccc(N[C@@H](C)c2cc3cc(Cl)ccc3[nH]c2=O)c(=O)[nH]1. The Morgan fingerprint density at radius 3 is 2.57 bits per heavy atom. The molecule has 0 saturated heterocycles. The van der Waals surface area contributed by atoms with E-state index >= 15 is 0 Å². The predicted molar refractivity (Wildman–Crippen MR) is 93.4 cm³/mol. The summed E-state index contributed by atoms with van der Waals surface area (Å²) in [7, 11) is 0. The summed E-state index contributed by atoms with van der Waals surface area (Å²) < 4.78 is 0. The van der Waals surface area contributed by atoms with Crippen LogP contribution < -0.4 is 16.4 Å². The van der Waals surface area contributed by atoms with Crippen LogP contribution in [0.15, 0.2) is 46.0 Å². The Labute approximate surface area is 137 Å². The minimum Gasteiger partial charge on any atom is -0.374 e. The van der Waals surface area contributed by atoms with Crippen molar-refractivity contribution >= 4 is 28.2 Å². The summed E-state index contributed by atoms with van der Waals surface area (Å²) in [6, 6.07) is 10.3. The first kappa shape index (κ1) is 15.4. The number of rotatable bonds is 3. The molecule has 2 aromatic heterocycles. The molecule has 0 aliphatic heterocycles. The number of aromatic amines is 2. The molecule has 1 aromatic carbocycles. The third kappa shape index (κ3) is 3.14. The fourth-order valence-electron chi connectivity index (χ4n) is 2.51. The van der Waals surface area contributed by atoms with E-state index in [1.807, 2.05) is 13.8 Å². The lowest BCUT2D eigenvalue weighted by Crippen LogP contribution is -2.22. The van der Waals surface area contributed by atoms with Gasteiger partial charge in [0.1, 0.15) is 5.69 Å². The second-order valence-corrected chi connectivity index (χ2v) is 5.97. The molecule has 0 amide bonds. The van der Waals surface area contributed by atoms with Crippen molar-refractivity contribution in [2.45, 2.75) is 19.9 Å². The van der Waals surface area contributed by atoms with Gasteiger partial charge in [0, 0.05) is 27.2 Å². The van der Waals surface area contributed by atoms with Gasteiger partial charge in [-0.25, -0.2) is 0 Å². The number of halogens is 1. The quantitative estimate of drug-likeness (QED) is 0.689. The summed E-state index contributed by atoms with van der Waals surface area (Å²) in [5, 5.41) is 4.53. The van der Waals surface area contributed by atoms with Crippen molar-refractivity contribution in [2.75, 3.05) is 5.32 Å². The fraction of sp³-hybridized carbons (Fsp3) is 0.176. The van der Waals surface area contributed by atoms with E-state index in [0.29, 0.717) is 16.3 Å². The molecule has 0 unspecified atom stereocenters. The minimum absolute atomic E-state index is 0.191. The average molecular weight is 330 g/mol. The van der Waals surface area contributed by atoms with Crippen LogP contribution in [0.25, 0.3) is 10.9 Å². The van der Waals surface area contributed by atoms with Crippen molar-refractivity contribution in [2.24, 2.45) is 0 Å². The largest absolute Gasteiger partial charge is 0.374 e. The zero-order valence-corrected chi connectivity index (χ0v) is 13.5. The second-order valence-electron chi connectivity index (χ2n) is 5.54. The van der Waals surface area contributed by atoms with Gasteiger partial charge in [-0.2, -0.15) is 0 Å². The van der Waals surface area contributed by atoms with Gasteiger partial charge < -0.3 is 15.3 Å².